The minimum absolute atomic E-state index is 0.0811. The fraction of sp³-hybridized carbons (Fsp3) is 0.375. The molecule has 1 aromatic heterocycles. The minimum Gasteiger partial charge on any atom is -0.464 e. The molecule has 6 heteroatoms. The van der Waals surface area contributed by atoms with Crippen LogP contribution in [0.4, 0.5) is 4.39 Å². The number of rotatable bonds is 5. The van der Waals surface area contributed by atoms with Gasteiger partial charge in [0.05, 0.1) is 6.54 Å². The lowest BCUT2D eigenvalue weighted by Gasteiger charge is -2.16. The van der Waals surface area contributed by atoms with Gasteiger partial charge in [-0.3, -0.25) is 0 Å². The molecule has 22 heavy (non-hydrogen) atoms. The summed E-state index contributed by atoms with van der Waals surface area (Å²) in [6.07, 6.45) is 1.11. The third-order valence-electron chi connectivity index (χ3n) is 4.06. The summed E-state index contributed by atoms with van der Waals surface area (Å²) < 4.78 is 45.3. The van der Waals surface area contributed by atoms with Crippen LogP contribution < -0.4 is 0 Å². The lowest BCUT2D eigenvalue weighted by Crippen LogP contribution is -2.27. The van der Waals surface area contributed by atoms with Crippen LogP contribution in [0.15, 0.2) is 45.7 Å². The molecule has 0 saturated heterocycles. The summed E-state index contributed by atoms with van der Waals surface area (Å²) in [5, 5.41) is 0. The molecule has 3 rings (SSSR count). The number of halogens is 1. The van der Waals surface area contributed by atoms with E-state index in [0.29, 0.717) is 17.6 Å². The molecular weight excluding hydrogens is 305 g/mol. The van der Waals surface area contributed by atoms with Crippen molar-refractivity contribution in [1.29, 1.82) is 0 Å². The molecule has 0 amide bonds. The first-order valence-corrected chi connectivity index (χ1v) is 8.63. The van der Waals surface area contributed by atoms with Gasteiger partial charge in [0.2, 0.25) is 10.0 Å². The molecular formula is C16H18FNO3S. The lowest BCUT2D eigenvalue weighted by molar-refractivity contribution is 0.388. The van der Waals surface area contributed by atoms with Crippen molar-refractivity contribution in [1.82, 2.24) is 4.31 Å². The highest BCUT2D eigenvalue weighted by atomic mass is 32.2. The maximum Gasteiger partial charge on any atom is 0.246 e. The highest BCUT2D eigenvalue weighted by Gasteiger charge is 2.36. The van der Waals surface area contributed by atoms with E-state index < -0.39 is 15.8 Å². The number of benzene rings is 1. The Kier molecular flexibility index (Phi) is 3.82. The number of hydrogen-bond donors (Lipinski definition) is 0. The third-order valence-corrected chi connectivity index (χ3v) is 5.90. The van der Waals surface area contributed by atoms with E-state index in [1.54, 1.807) is 6.07 Å². The van der Waals surface area contributed by atoms with Crippen molar-refractivity contribution < 1.29 is 17.2 Å². The van der Waals surface area contributed by atoms with E-state index in [2.05, 4.69) is 6.92 Å². The van der Waals surface area contributed by atoms with E-state index in [-0.39, 0.29) is 11.4 Å². The van der Waals surface area contributed by atoms with Gasteiger partial charge in [0.25, 0.3) is 0 Å². The zero-order chi connectivity index (χ0) is 15.9. The Hall–Kier alpha value is -1.66. The van der Waals surface area contributed by atoms with Crippen LogP contribution in [0.5, 0.6) is 0 Å². The molecule has 118 valence electrons. The Balaban J connectivity index is 1.77. The monoisotopic (exact) mass is 323 g/mol. The van der Waals surface area contributed by atoms with Crippen molar-refractivity contribution in [2.45, 2.75) is 30.7 Å². The average molecular weight is 323 g/mol. The fourth-order valence-electron chi connectivity index (χ4n) is 2.52. The van der Waals surface area contributed by atoms with Gasteiger partial charge in [-0.15, -0.1) is 0 Å². The van der Waals surface area contributed by atoms with Crippen LogP contribution in [-0.2, 0) is 16.6 Å². The molecule has 1 heterocycles. The summed E-state index contributed by atoms with van der Waals surface area (Å²) in [5.41, 5.74) is 0. The first-order chi connectivity index (χ1) is 10.4. The molecule has 1 saturated carbocycles. The number of nitrogens with zero attached hydrogens (tertiary/aromatic N) is 1. The maximum absolute atomic E-state index is 13.7. The molecule has 0 spiro atoms. The van der Waals surface area contributed by atoms with Crippen molar-refractivity contribution in [3.05, 3.63) is 53.7 Å². The van der Waals surface area contributed by atoms with E-state index in [1.807, 2.05) is 6.07 Å². The van der Waals surface area contributed by atoms with E-state index in [0.717, 1.165) is 22.6 Å². The minimum atomic E-state index is -3.88. The Morgan fingerprint density at radius 3 is 2.59 bits per heavy atom. The van der Waals surface area contributed by atoms with Crippen LogP contribution >= 0.6 is 0 Å². The zero-order valence-electron chi connectivity index (χ0n) is 12.5. The SMILES string of the molecule is CC1CC1c1ccc(CN(C)S(=O)(=O)c2ccccc2F)o1. The van der Waals surface area contributed by atoms with Gasteiger partial charge < -0.3 is 4.42 Å². The average Bonchev–Trinajstić information content (AvgIpc) is 3.02. The smallest absolute Gasteiger partial charge is 0.246 e. The van der Waals surface area contributed by atoms with Crippen LogP contribution in [0.2, 0.25) is 0 Å². The van der Waals surface area contributed by atoms with E-state index >= 15 is 0 Å². The van der Waals surface area contributed by atoms with Crippen LogP contribution in [0.1, 0.15) is 30.8 Å². The maximum atomic E-state index is 13.7. The molecule has 1 aliphatic rings. The molecule has 2 unspecified atom stereocenters. The third kappa shape index (κ3) is 2.80. The molecule has 0 N–H and O–H groups in total. The summed E-state index contributed by atoms with van der Waals surface area (Å²) in [5.74, 6) is 1.79. The fourth-order valence-corrected chi connectivity index (χ4v) is 3.72. The second-order valence-corrected chi connectivity index (χ2v) is 7.83. The van der Waals surface area contributed by atoms with E-state index in [9.17, 15) is 12.8 Å². The molecule has 1 aromatic carbocycles. The van der Waals surface area contributed by atoms with Crippen LogP contribution in [0, 0.1) is 11.7 Å². The zero-order valence-corrected chi connectivity index (χ0v) is 13.3. The molecule has 2 atom stereocenters. The van der Waals surface area contributed by atoms with Gasteiger partial charge in [0.1, 0.15) is 22.2 Å². The number of hydrogen-bond acceptors (Lipinski definition) is 3. The second-order valence-electron chi connectivity index (χ2n) is 5.82. The summed E-state index contributed by atoms with van der Waals surface area (Å²) in [6.45, 7) is 2.24. The first kappa shape index (κ1) is 15.2. The van der Waals surface area contributed by atoms with Crippen molar-refractivity contribution in [2.75, 3.05) is 7.05 Å². The molecule has 2 aromatic rings. The molecule has 0 aliphatic heterocycles. The van der Waals surface area contributed by atoms with E-state index in [1.165, 1.54) is 25.2 Å². The Morgan fingerprint density at radius 1 is 1.27 bits per heavy atom. The second kappa shape index (κ2) is 5.52. The standard InChI is InChI=1S/C16H18FNO3S/c1-11-9-13(11)15-8-7-12(21-15)10-18(2)22(19,20)16-6-4-3-5-14(16)17/h3-8,11,13H,9-10H2,1-2H3. The first-order valence-electron chi connectivity index (χ1n) is 7.19. The quantitative estimate of drug-likeness (QED) is 0.848. The Labute approximate surface area is 129 Å². The van der Waals surface area contributed by atoms with Crippen LogP contribution in [0.25, 0.3) is 0 Å². The molecule has 4 nitrogen and oxygen atoms in total. The van der Waals surface area contributed by atoms with Gasteiger partial charge in [0, 0.05) is 13.0 Å². The predicted octanol–water partition coefficient (Wildman–Crippen LogP) is 3.36. The summed E-state index contributed by atoms with van der Waals surface area (Å²) in [6, 6.07) is 9.05. The van der Waals surface area contributed by atoms with Gasteiger partial charge >= 0.3 is 0 Å². The van der Waals surface area contributed by atoms with Gasteiger partial charge in [-0.05, 0) is 36.6 Å². The molecule has 0 radical (unpaired) electrons. The summed E-state index contributed by atoms with van der Waals surface area (Å²) in [7, 11) is -2.46. The van der Waals surface area contributed by atoms with E-state index in [4.69, 9.17) is 4.42 Å². The van der Waals surface area contributed by atoms with Gasteiger partial charge in [0.15, 0.2) is 0 Å². The summed E-state index contributed by atoms with van der Waals surface area (Å²) in [4.78, 5) is -0.319. The summed E-state index contributed by atoms with van der Waals surface area (Å²) >= 11 is 0. The normalized spacial score (nSPS) is 21.3. The van der Waals surface area contributed by atoms with Crippen molar-refractivity contribution >= 4 is 10.0 Å². The van der Waals surface area contributed by atoms with Crippen molar-refractivity contribution in [3.8, 4) is 0 Å². The van der Waals surface area contributed by atoms with Gasteiger partial charge in [-0.2, -0.15) is 4.31 Å². The topological polar surface area (TPSA) is 50.5 Å². The predicted molar refractivity (Wildman–Crippen MR) is 80.3 cm³/mol. The number of furan rings is 1. The van der Waals surface area contributed by atoms with Crippen molar-refractivity contribution in [3.63, 3.8) is 0 Å². The molecule has 1 aliphatic carbocycles. The van der Waals surface area contributed by atoms with Gasteiger partial charge in [-0.1, -0.05) is 19.1 Å². The van der Waals surface area contributed by atoms with Gasteiger partial charge in [-0.25, -0.2) is 12.8 Å². The highest BCUT2D eigenvalue weighted by Crippen LogP contribution is 2.47. The van der Waals surface area contributed by atoms with Crippen LogP contribution in [-0.4, -0.2) is 19.8 Å². The highest BCUT2D eigenvalue weighted by molar-refractivity contribution is 7.89. The van der Waals surface area contributed by atoms with Crippen LogP contribution in [0.3, 0.4) is 0 Å². The number of sulfonamides is 1. The largest absolute Gasteiger partial charge is 0.464 e. The molecule has 0 bridgehead atoms. The Morgan fingerprint density at radius 2 is 1.95 bits per heavy atom. The van der Waals surface area contributed by atoms with Crippen molar-refractivity contribution in [2.24, 2.45) is 5.92 Å². The lowest BCUT2D eigenvalue weighted by atomic mass is 10.3. The Bertz CT molecular complexity index is 784. The molecule has 1 fully saturated rings.